The largest absolute Gasteiger partial charge is 0.497 e. The third kappa shape index (κ3) is 5.57. The standard InChI is InChI=1S/C22H30N6O2.ClH/c1-3-4-7-21(22-23-24-25-28(22)17-20-6-5-16-30-20)27-14-12-26(13-15-27)18-8-10-19(29-2)11-9-18;/h5-6,8-11,16,21H,3-4,7,12-15,17H2,1-2H3;1H. The third-order valence-corrected chi connectivity index (χ3v) is 5.77. The molecule has 1 atom stereocenters. The van der Waals surface area contributed by atoms with Gasteiger partial charge in [0.15, 0.2) is 5.82 Å². The van der Waals surface area contributed by atoms with Crippen LogP contribution in [0.1, 0.15) is 43.8 Å². The number of nitrogens with zero attached hydrogens (tertiary/aromatic N) is 6. The molecule has 0 N–H and O–H groups in total. The number of unbranched alkanes of at least 4 members (excludes halogenated alkanes) is 1. The monoisotopic (exact) mass is 446 g/mol. The zero-order valence-electron chi connectivity index (χ0n) is 18.2. The summed E-state index contributed by atoms with van der Waals surface area (Å²) in [6, 6.07) is 12.4. The van der Waals surface area contributed by atoms with Crippen molar-refractivity contribution in [3.05, 3.63) is 54.2 Å². The van der Waals surface area contributed by atoms with E-state index >= 15 is 0 Å². The predicted molar refractivity (Wildman–Crippen MR) is 122 cm³/mol. The fourth-order valence-corrected chi connectivity index (χ4v) is 4.07. The smallest absolute Gasteiger partial charge is 0.168 e. The van der Waals surface area contributed by atoms with Crippen LogP contribution in [0.5, 0.6) is 5.75 Å². The summed E-state index contributed by atoms with van der Waals surface area (Å²) in [4.78, 5) is 4.96. The molecule has 1 aromatic carbocycles. The second-order valence-corrected chi connectivity index (χ2v) is 7.65. The normalized spacial score (nSPS) is 15.5. The van der Waals surface area contributed by atoms with E-state index in [0.29, 0.717) is 6.54 Å². The highest BCUT2D eigenvalue weighted by Gasteiger charge is 2.29. The highest BCUT2D eigenvalue weighted by Crippen LogP contribution is 2.28. The van der Waals surface area contributed by atoms with Crippen LogP contribution in [-0.2, 0) is 6.54 Å². The molecule has 0 saturated carbocycles. The average Bonchev–Trinajstić information content (AvgIpc) is 3.47. The summed E-state index contributed by atoms with van der Waals surface area (Å²) in [5.41, 5.74) is 1.24. The number of methoxy groups -OCH3 is 1. The van der Waals surface area contributed by atoms with E-state index in [-0.39, 0.29) is 18.4 Å². The molecule has 3 aromatic rings. The van der Waals surface area contributed by atoms with Gasteiger partial charge in [0.1, 0.15) is 18.1 Å². The van der Waals surface area contributed by atoms with E-state index in [4.69, 9.17) is 9.15 Å². The molecule has 4 rings (SSSR count). The average molecular weight is 447 g/mol. The Kier molecular flexibility index (Phi) is 8.31. The zero-order valence-corrected chi connectivity index (χ0v) is 19.0. The van der Waals surface area contributed by atoms with Crippen LogP contribution >= 0.6 is 12.4 Å². The first-order valence-corrected chi connectivity index (χ1v) is 10.7. The number of benzene rings is 1. The Bertz CT molecular complexity index is 891. The third-order valence-electron chi connectivity index (χ3n) is 5.77. The van der Waals surface area contributed by atoms with Gasteiger partial charge < -0.3 is 14.1 Å². The summed E-state index contributed by atoms with van der Waals surface area (Å²) in [6.07, 6.45) is 5.04. The van der Waals surface area contributed by atoms with Crippen LogP contribution < -0.4 is 9.64 Å². The van der Waals surface area contributed by atoms with Crippen molar-refractivity contribution in [2.24, 2.45) is 0 Å². The van der Waals surface area contributed by atoms with E-state index in [1.807, 2.05) is 28.9 Å². The Morgan fingerprint density at radius 2 is 1.87 bits per heavy atom. The Balaban J connectivity index is 0.00000272. The first-order chi connectivity index (χ1) is 14.8. The van der Waals surface area contributed by atoms with Gasteiger partial charge in [0.2, 0.25) is 0 Å². The summed E-state index contributed by atoms with van der Waals surface area (Å²) in [6.45, 7) is 6.71. The molecule has 0 bridgehead atoms. The summed E-state index contributed by atoms with van der Waals surface area (Å²) in [7, 11) is 1.70. The number of piperazine rings is 1. The molecule has 168 valence electrons. The minimum Gasteiger partial charge on any atom is -0.497 e. The van der Waals surface area contributed by atoms with E-state index in [9.17, 15) is 0 Å². The molecule has 1 fully saturated rings. The molecule has 1 aliphatic rings. The number of halogens is 1. The van der Waals surface area contributed by atoms with Crippen molar-refractivity contribution in [3.8, 4) is 5.75 Å². The van der Waals surface area contributed by atoms with Crippen molar-refractivity contribution in [3.63, 3.8) is 0 Å². The number of anilines is 1. The summed E-state index contributed by atoms with van der Waals surface area (Å²) < 4.78 is 12.7. The van der Waals surface area contributed by atoms with E-state index in [0.717, 1.165) is 62.8 Å². The van der Waals surface area contributed by atoms with Gasteiger partial charge in [0, 0.05) is 31.9 Å². The molecule has 0 amide bonds. The number of ether oxygens (including phenoxy) is 1. The summed E-state index contributed by atoms with van der Waals surface area (Å²) in [5, 5.41) is 12.6. The molecule has 31 heavy (non-hydrogen) atoms. The van der Waals surface area contributed by atoms with Gasteiger partial charge in [-0.15, -0.1) is 17.5 Å². The molecule has 9 heteroatoms. The molecule has 0 aliphatic carbocycles. The fraction of sp³-hybridized carbons (Fsp3) is 0.500. The Labute approximate surface area is 189 Å². The van der Waals surface area contributed by atoms with E-state index < -0.39 is 0 Å². The molecule has 8 nitrogen and oxygen atoms in total. The molecule has 2 aromatic heterocycles. The number of hydrogen-bond donors (Lipinski definition) is 0. The molecule has 3 heterocycles. The fourth-order valence-electron chi connectivity index (χ4n) is 4.07. The topological polar surface area (TPSA) is 72.5 Å². The van der Waals surface area contributed by atoms with Gasteiger partial charge in [-0.2, -0.15) is 0 Å². The van der Waals surface area contributed by atoms with Crippen LogP contribution in [0.15, 0.2) is 47.1 Å². The zero-order chi connectivity index (χ0) is 20.8. The molecular weight excluding hydrogens is 416 g/mol. The lowest BCUT2D eigenvalue weighted by atomic mass is 10.1. The van der Waals surface area contributed by atoms with Crippen molar-refractivity contribution >= 4 is 18.1 Å². The maximum Gasteiger partial charge on any atom is 0.168 e. The van der Waals surface area contributed by atoms with Gasteiger partial charge in [0.25, 0.3) is 0 Å². The second-order valence-electron chi connectivity index (χ2n) is 7.65. The Hall–Kier alpha value is -2.58. The van der Waals surface area contributed by atoms with Crippen molar-refractivity contribution < 1.29 is 9.15 Å². The molecular formula is C22H31ClN6O2. The Morgan fingerprint density at radius 1 is 1.10 bits per heavy atom. The summed E-state index contributed by atoms with van der Waals surface area (Å²) in [5.74, 6) is 2.68. The minimum absolute atomic E-state index is 0. The van der Waals surface area contributed by atoms with Crippen molar-refractivity contribution in [2.45, 2.75) is 38.8 Å². The quantitative estimate of drug-likeness (QED) is 0.495. The maximum atomic E-state index is 5.50. The lowest BCUT2D eigenvalue weighted by Gasteiger charge is -2.39. The van der Waals surface area contributed by atoms with Gasteiger partial charge in [-0.3, -0.25) is 4.90 Å². The lowest BCUT2D eigenvalue weighted by Crippen LogP contribution is -2.48. The molecule has 1 unspecified atom stereocenters. The van der Waals surface area contributed by atoms with Gasteiger partial charge in [-0.1, -0.05) is 19.8 Å². The molecule has 0 spiro atoms. The van der Waals surface area contributed by atoms with Crippen LogP contribution in [0.25, 0.3) is 0 Å². The first-order valence-electron chi connectivity index (χ1n) is 10.7. The van der Waals surface area contributed by atoms with Gasteiger partial charge in [0.05, 0.1) is 19.4 Å². The maximum absolute atomic E-state index is 5.50. The van der Waals surface area contributed by atoms with Crippen molar-refractivity contribution in [2.75, 3.05) is 38.2 Å². The SMILES string of the molecule is CCCCC(c1nnnn1Cc1ccco1)N1CCN(c2ccc(OC)cc2)CC1.Cl. The number of furan rings is 1. The van der Waals surface area contributed by atoms with Crippen LogP contribution in [0, 0.1) is 0 Å². The highest BCUT2D eigenvalue weighted by molar-refractivity contribution is 5.85. The van der Waals surface area contributed by atoms with E-state index in [1.54, 1.807) is 13.4 Å². The van der Waals surface area contributed by atoms with E-state index in [1.165, 1.54) is 5.69 Å². The van der Waals surface area contributed by atoms with Crippen LogP contribution in [0.2, 0.25) is 0 Å². The predicted octanol–water partition coefficient (Wildman–Crippen LogP) is 3.80. The van der Waals surface area contributed by atoms with Crippen LogP contribution in [0.3, 0.4) is 0 Å². The van der Waals surface area contributed by atoms with Gasteiger partial charge in [-0.05, 0) is 53.2 Å². The van der Waals surface area contributed by atoms with Crippen LogP contribution in [0.4, 0.5) is 5.69 Å². The first kappa shape index (κ1) is 23.1. The molecule has 1 saturated heterocycles. The lowest BCUT2D eigenvalue weighted by molar-refractivity contribution is 0.162. The van der Waals surface area contributed by atoms with Gasteiger partial charge >= 0.3 is 0 Å². The van der Waals surface area contributed by atoms with E-state index in [2.05, 4.69) is 44.4 Å². The number of aromatic nitrogens is 4. The van der Waals surface area contributed by atoms with Crippen LogP contribution in [-0.4, -0.2) is 58.4 Å². The second kappa shape index (κ2) is 11.2. The minimum atomic E-state index is 0. The molecule has 0 radical (unpaired) electrons. The number of rotatable bonds is 9. The summed E-state index contributed by atoms with van der Waals surface area (Å²) >= 11 is 0. The number of tetrazole rings is 1. The Morgan fingerprint density at radius 3 is 2.52 bits per heavy atom. The van der Waals surface area contributed by atoms with Gasteiger partial charge in [-0.25, -0.2) is 4.68 Å². The number of hydrogen-bond acceptors (Lipinski definition) is 7. The van der Waals surface area contributed by atoms with Crippen molar-refractivity contribution in [1.82, 2.24) is 25.1 Å². The highest BCUT2D eigenvalue weighted by atomic mass is 35.5. The molecule has 1 aliphatic heterocycles. The van der Waals surface area contributed by atoms with Crippen molar-refractivity contribution in [1.29, 1.82) is 0 Å².